The molecule has 0 aliphatic heterocycles. The molecule has 0 aromatic heterocycles. The van der Waals surface area contributed by atoms with Gasteiger partial charge in [0.2, 0.25) is 0 Å². The quantitative estimate of drug-likeness (QED) is 0.593. The summed E-state index contributed by atoms with van der Waals surface area (Å²) >= 11 is 0. The van der Waals surface area contributed by atoms with Crippen LogP contribution in [0.2, 0.25) is 0 Å². The number of hydrogen-bond donors (Lipinski definition) is 2. The maximum atomic E-state index is 11.0. The molecular formula is C14H22N2O4. The van der Waals surface area contributed by atoms with Crippen molar-refractivity contribution in [2.24, 2.45) is 5.92 Å². The molecule has 112 valence electrons. The minimum absolute atomic E-state index is 0.00494. The average molecular weight is 282 g/mol. The van der Waals surface area contributed by atoms with E-state index in [0.717, 1.165) is 0 Å². The van der Waals surface area contributed by atoms with Crippen molar-refractivity contribution in [3.8, 4) is 5.75 Å². The number of anilines is 1. The molecular weight excluding hydrogens is 260 g/mol. The maximum Gasteiger partial charge on any atom is 0.311 e. The molecule has 0 saturated carbocycles. The molecule has 0 saturated heterocycles. The number of nitrogens with one attached hydrogen (secondary N) is 1. The summed E-state index contributed by atoms with van der Waals surface area (Å²) in [5, 5.41) is 23.4. The molecule has 6 heteroatoms. The van der Waals surface area contributed by atoms with Gasteiger partial charge >= 0.3 is 5.69 Å². The van der Waals surface area contributed by atoms with Crippen LogP contribution in [0.4, 0.5) is 11.4 Å². The smallest absolute Gasteiger partial charge is 0.311 e. The highest BCUT2D eigenvalue weighted by molar-refractivity contribution is 5.58. The summed E-state index contributed by atoms with van der Waals surface area (Å²) in [5.41, 5.74) is 0.633. The third-order valence-corrected chi connectivity index (χ3v) is 2.87. The van der Waals surface area contributed by atoms with E-state index < -0.39 is 4.92 Å². The SMILES string of the molecule is CC(C)Oc1cc(NC(CO)C(C)C)ccc1[N+](=O)[O-]. The van der Waals surface area contributed by atoms with Gasteiger partial charge in [0.05, 0.1) is 23.7 Å². The van der Waals surface area contributed by atoms with E-state index in [0.29, 0.717) is 5.69 Å². The summed E-state index contributed by atoms with van der Waals surface area (Å²) in [6, 6.07) is 4.53. The van der Waals surface area contributed by atoms with Crippen LogP contribution in [0.5, 0.6) is 5.75 Å². The highest BCUT2D eigenvalue weighted by Gasteiger charge is 2.18. The Morgan fingerprint density at radius 3 is 2.45 bits per heavy atom. The molecule has 2 N–H and O–H groups in total. The first-order valence-corrected chi connectivity index (χ1v) is 6.67. The summed E-state index contributed by atoms with van der Waals surface area (Å²) in [5.74, 6) is 0.472. The van der Waals surface area contributed by atoms with E-state index in [4.69, 9.17) is 4.74 Å². The summed E-state index contributed by atoms with van der Waals surface area (Å²) < 4.78 is 5.48. The highest BCUT2D eigenvalue weighted by Crippen LogP contribution is 2.31. The second kappa shape index (κ2) is 7.09. The minimum atomic E-state index is -0.465. The third-order valence-electron chi connectivity index (χ3n) is 2.87. The fraction of sp³-hybridized carbons (Fsp3) is 0.571. The molecule has 0 aliphatic carbocycles. The first kappa shape index (κ1) is 16.2. The predicted octanol–water partition coefficient (Wildman–Crippen LogP) is 2.81. The second-order valence-corrected chi connectivity index (χ2v) is 5.28. The van der Waals surface area contributed by atoms with Crippen LogP contribution in [0, 0.1) is 16.0 Å². The number of benzene rings is 1. The average Bonchev–Trinajstić information content (AvgIpc) is 2.34. The van der Waals surface area contributed by atoms with E-state index in [2.05, 4.69) is 5.32 Å². The number of aliphatic hydroxyl groups excluding tert-OH is 1. The van der Waals surface area contributed by atoms with E-state index >= 15 is 0 Å². The number of aliphatic hydroxyl groups is 1. The fourth-order valence-electron chi connectivity index (χ4n) is 1.74. The van der Waals surface area contributed by atoms with Gasteiger partial charge in [-0.15, -0.1) is 0 Å². The van der Waals surface area contributed by atoms with Crippen LogP contribution in [0.15, 0.2) is 18.2 Å². The molecule has 0 amide bonds. The van der Waals surface area contributed by atoms with Gasteiger partial charge in [-0.05, 0) is 25.8 Å². The van der Waals surface area contributed by atoms with Gasteiger partial charge in [0.25, 0.3) is 0 Å². The van der Waals surface area contributed by atoms with E-state index in [9.17, 15) is 15.2 Å². The lowest BCUT2D eigenvalue weighted by atomic mass is 10.1. The number of nitro groups is 1. The van der Waals surface area contributed by atoms with Gasteiger partial charge in [-0.25, -0.2) is 0 Å². The minimum Gasteiger partial charge on any atom is -0.484 e. The van der Waals surface area contributed by atoms with Crippen molar-refractivity contribution < 1.29 is 14.8 Å². The summed E-state index contributed by atoms with van der Waals surface area (Å²) in [7, 11) is 0. The predicted molar refractivity (Wildman–Crippen MR) is 78.2 cm³/mol. The Kier molecular flexibility index (Phi) is 5.76. The van der Waals surface area contributed by atoms with Crippen molar-refractivity contribution in [3.05, 3.63) is 28.3 Å². The summed E-state index contributed by atoms with van der Waals surface area (Å²) in [4.78, 5) is 10.5. The number of rotatable bonds is 7. The Balaban J connectivity index is 3.02. The molecule has 1 atom stereocenters. The van der Waals surface area contributed by atoms with Crippen molar-refractivity contribution in [1.82, 2.24) is 0 Å². The van der Waals surface area contributed by atoms with Crippen LogP contribution in [-0.2, 0) is 0 Å². The van der Waals surface area contributed by atoms with Crippen LogP contribution in [0.3, 0.4) is 0 Å². The van der Waals surface area contributed by atoms with Gasteiger partial charge in [0, 0.05) is 17.8 Å². The maximum absolute atomic E-state index is 11.0. The molecule has 0 bridgehead atoms. The standard InChI is InChI=1S/C14H22N2O4/c1-9(2)12(8-17)15-11-5-6-13(16(18)19)14(7-11)20-10(3)4/h5-7,9-10,12,15,17H,8H2,1-4H3. The first-order chi connectivity index (χ1) is 9.35. The van der Waals surface area contributed by atoms with E-state index in [1.165, 1.54) is 6.07 Å². The van der Waals surface area contributed by atoms with Gasteiger partial charge in [0.1, 0.15) is 0 Å². The third kappa shape index (κ3) is 4.38. The zero-order valence-corrected chi connectivity index (χ0v) is 12.3. The Hall–Kier alpha value is -1.82. The lowest BCUT2D eigenvalue weighted by Crippen LogP contribution is -2.29. The zero-order valence-electron chi connectivity index (χ0n) is 12.3. The Morgan fingerprint density at radius 2 is 2.00 bits per heavy atom. The van der Waals surface area contributed by atoms with Crippen molar-refractivity contribution in [1.29, 1.82) is 0 Å². The highest BCUT2D eigenvalue weighted by atomic mass is 16.6. The van der Waals surface area contributed by atoms with Crippen LogP contribution >= 0.6 is 0 Å². The molecule has 1 rings (SSSR count). The molecule has 1 aromatic rings. The van der Waals surface area contributed by atoms with Gasteiger partial charge in [0.15, 0.2) is 5.75 Å². The largest absolute Gasteiger partial charge is 0.484 e. The first-order valence-electron chi connectivity index (χ1n) is 6.67. The van der Waals surface area contributed by atoms with Gasteiger partial charge in [-0.2, -0.15) is 0 Å². The summed E-state index contributed by atoms with van der Waals surface area (Å²) in [6.07, 6.45) is -0.150. The Labute approximate surface area is 118 Å². The van der Waals surface area contributed by atoms with Crippen LogP contribution < -0.4 is 10.1 Å². The zero-order chi connectivity index (χ0) is 15.3. The lowest BCUT2D eigenvalue weighted by molar-refractivity contribution is -0.386. The van der Waals surface area contributed by atoms with E-state index in [-0.39, 0.29) is 36.1 Å². The van der Waals surface area contributed by atoms with Crippen molar-refractivity contribution in [2.45, 2.75) is 39.8 Å². The molecule has 6 nitrogen and oxygen atoms in total. The van der Waals surface area contributed by atoms with Crippen LogP contribution in [-0.4, -0.2) is 28.8 Å². The van der Waals surface area contributed by atoms with Gasteiger partial charge in [-0.1, -0.05) is 13.8 Å². The van der Waals surface area contributed by atoms with Crippen molar-refractivity contribution >= 4 is 11.4 Å². The molecule has 0 fully saturated rings. The molecule has 20 heavy (non-hydrogen) atoms. The normalized spacial score (nSPS) is 12.6. The van der Waals surface area contributed by atoms with Crippen molar-refractivity contribution in [2.75, 3.05) is 11.9 Å². The lowest BCUT2D eigenvalue weighted by Gasteiger charge is -2.21. The number of nitro benzene ring substituents is 1. The Morgan fingerprint density at radius 1 is 1.35 bits per heavy atom. The van der Waals surface area contributed by atoms with Crippen LogP contribution in [0.25, 0.3) is 0 Å². The Bertz CT molecular complexity index is 460. The number of hydrogen-bond acceptors (Lipinski definition) is 5. The molecule has 0 radical (unpaired) electrons. The van der Waals surface area contributed by atoms with Gasteiger partial charge < -0.3 is 15.2 Å². The fourth-order valence-corrected chi connectivity index (χ4v) is 1.74. The van der Waals surface area contributed by atoms with E-state index in [1.54, 1.807) is 12.1 Å². The molecule has 0 heterocycles. The summed E-state index contributed by atoms with van der Waals surface area (Å²) in [6.45, 7) is 7.60. The van der Waals surface area contributed by atoms with Gasteiger partial charge in [-0.3, -0.25) is 10.1 Å². The monoisotopic (exact) mass is 282 g/mol. The van der Waals surface area contributed by atoms with E-state index in [1.807, 2.05) is 27.7 Å². The second-order valence-electron chi connectivity index (χ2n) is 5.28. The molecule has 1 aromatic carbocycles. The molecule has 0 aliphatic rings. The molecule has 1 unspecified atom stereocenters. The van der Waals surface area contributed by atoms with Crippen LogP contribution in [0.1, 0.15) is 27.7 Å². The van der Waals surface area contributed by atoms with Crippen molar-refractivity contribution in [3.63, 3.8) is 0 Å². The molecule has 0 spiro atoms. The number of nitrogens with zero attached hydrogens (tertiary/aromatic N) is 1. The number of ether oxygens (including phenoxy) is 1. The topological polar surface area (TPSA) is 84.6 Å².